The van der Waals surface area contributed by atoms with E-state index in [4.69, 9.17) is 9.84 Å². The summed E-state index contributed by atoms with van der Waals surface area (Å²) in [5.41, 5.74) is 0. The van der Waals surface area contributed by atoms with Crippen molar-refractivity contribution in [1.82, 2.24) is 10.2 Å². The maximum atomic E-state index is 11.9. The van der Waals surface area contributed by atoms with Crippen LogP contribution in [-0.2, 0) is 4.74 Å². The molecule has 0 rings (SSSR count). The molecular weight excluding hydrogens is 268 g/mol. The summed E-state index contributed by atoms with van der Waals surface area (Å²) in [7, 11) is 1.00. The molecule has 0 fully saturated rings. The molecule has 0 saturated carbocycles. The predicted octanol–water partition coefficient (Wildman–Crippen LogP) is 3.27. The molecule has 0 atom stereocenters. The monoisotopic (exact) mass is 306 g/mol. The molecule has 2 amide bonds. The Morgan fingerprint density at radius 2 is 1.71 bits per heavy atom. The quantitative estimate of drug-likeness (QED) is 0.544. The lowest BCUT2D eigenvalue weighted by Gasteiger charge is -2.21. The standard InChI is InChI=1S/C15H32N2O2.CH4O.H2/c1-4-7-8-9-10-11-13-17(5-2)15(18)16-12-14-19-6-3;1-2;/h4-14H2,1-3H3,(H,16,18);2H,1H3;1H. The second-order valence-corrected chi connectivity index (χ2v) is 4.78. The number of urea groups is 1. The number of ether oxygens (including phenoxy) is 1. The summed E-state index contributed by atoms with van der Waals surface area (Å²) in [5, 5.41) is 9.89. The van der Waals surface area contributed by atoms with E-state index in [0.717, 1.165) is 26.6 Å². The van der Waals surface area contributed by atoms with Crippen LogP contribution in [0, 0.1) is 0 Å². The van der Waals surface area contributed by atoms with Gasteiger partial charge in [-0.2, -0.15) is 0 Å². The van der Waals surface area contributed by atoms with Crippen molar-refractivity contribution in [3.63, 3.8) is 0 Å². The molecule has 21 heavy (non-hydrogen) atoms. The van der Waals surface area contributed by atoms with E-state index in [0.29, 0.717) is 19.8 Å². The number of amides is 2. The van der Waals surface area contributed by atoms with Crippen molar-refractivity contribution in [2.45, 2.75) is 59.3 Å². The molecule has 0 aromatic rings. The number of rotatable bonds is 12. The summed E-state index contributed by atoms with van der Waals surface area (Å²) in [6, 6.07) is 0.0377. The first-order valence-electron chi connectivity index (χ1n) is 8.31. The molecule has 0 unspecified atom stereocenters. The van der Waals surface area contributed by atoms with Crippen LogP contribution in [0.1, 0.15) is 60.7 Å². The number of nitrogens with one attached hydrogen (secondary N) is 1. The molecule has 5 heteroatoms. The number of hydrogen-bond acceptors (Lipinski definition) is 3. The minimum Gasteiger partial charge on any atom is -0.400 e. The molecule has 130 valence electrons. The molecule has 0 aromatic heterocycles. The van der Waals surface area contributed by atoms with E-state index in [9.17, 15) is 4.79 Å². The minimum absolute atomic E-state index is 0. The van der Waals surface area contributed by atoms with E-state index in [-0.39, 0.29) is 7.46 Å². The normalized spacial score (nSPS) is 9.76. The van der Waals surface area contributed by atoms with Gasteiger partial charge in [-0.3, -0.25) is 0 Å². The maximum Gasteiger partial charge on any atom is 0.317 e. The third-order valence-electron chi connectivity index (χ3n) is 3.18. The zero-order chi connectivity index (χ0) is 16.3. The summed E-state index contributed by atoms with van der Waals surface area (Å²) < 4.78 is 5.20. The summed E-state index contributed by atoms with van der Waals surface area (Å²) in [6.45, 7) is 9.74. The summed E-state index contributed by atoms with van der Waals surface area (Å²) in [6.07, 6.45) is 7.55. The Balaban J connectivity index is -0.00000115. The van der Waals surface area contributed by atoms with Crippen LogP contribution >= 0.6 is 0 Å². The first kappa shape index (κ1) is 22.5. The zero-order valence-corrected chi connectivity index (χ0v) is 14.5. The minimum atomic E-state index is 0. The molecule has 0 saturated heterocycles. The number of nitrogens with zero attached hydrogens (tertiary/aromatic N) is 1. The smallest absolute Gasteiger partial charge is 0.317 e. The molecule has 0 bridgehead atoms. The van der Waals surface area contributed by atoms with Crippen molar-refractivity contribution in [2.75, 3.05) is 40.0 Å². The highest BCUT2D eigenvalue weighted by molar-refractivity contribution is 5.74. The van der Waals surface area contributed by atoms with Crippen LogP contribution in [0.3, 0.4) is 0 Å². The molecule has 0 aliphatic heterocycles. The second-order valence-electron chi connectivity index (χ2n) is 4.78. The van der Waals surface area contributed by atoms with Crippen LogP contribution < -0.4 is 5.32 Å². The Hall–Kier alpha value is -0.810. The van der Waals surface area contributed by atoms with E-state index in [1.165, 1.54) is 32.1 Å². The van der Waals surface area contributed by atoms with E-state index >= 15 is 0 Å². The fraction of sp³-hybridized carbons (Fsp3) is 0.938. The topological polar surface area (TPSA) is 61.8 Å². The first-order valence-corrected chi connectivity index (χ1v) is 8.31. The fourth-order valence-corrected chi connectivity index (χ4v) is 1.97. The van der Waals surface area contributed by atoms with Crippen LogP contribution in [0.15, 0.2) is 0 Å². The number of aliphatic hydroxyl groups excluding tert-OH is 1. The SMILES string of the molecule is CCCCCCCCN(CC)C(=O)NCCOCC.CO.[HH]. The van der Waals surface area contributed by atoms with Gasteiger partial charge in [0.25, 0.3) is 0 Å². The maximum absolute atomic E-state index is 11.9. The highest BCUT2D eigenvalue weighted by Crippen LogP contribution is 2.06. The van der Waals surface area contributed by atoms with Gasteiger partial charge in [0.15, 0.2) is 0 Å². The van der Waals surface area contributed by atoms with Gasteiger partial charge in [0.2, 0.25) is 0 Å². The van der Waals surface area contributed by atoms with Gasteiger partial charge >= 0.3 is 6.03 Å². The van der Waals surface area contributed by atoms with Crippen LogP contribution in [0.5, 0.6) is 0 Å². The zero-order valence-electron chi connectivity index (χ0n) is 14.5. The van der Waals surface area contributed by atoms with Crippen LogP contribution in [0.4, 0.5) is 4.79 Å². The lowest BCUT2D eigenvalue weighted by molar-refractivity contribution is 0.145. The average molecular weight is 306 g/mol. The second kappa shape index (κ2) is 19.2. The number of carbonyl (C=O) groups excluding carboxylic acids is 1. The van der Waals surface area contributed by atoms with Gasteiger partial charge < -0.3 is 20.1 Å². The lowest BCUT2D eigenvalue weighted by atomic mass is 10.1. The number of carbonyl (C=O) groups is 1. The predicted molar refractivity (Wildman–Crippen MR) is 90.8 cm³/mol. The Kier molecular flexibility index (Phi) is 20.5. The largest absolute Gasteiger partial charge is 0.400 e. The van der Waals surface area contributed by atoms with Gasteiger partial charge in [-0.15, -0.1) is 0 Å². The van der Waals surface area contributed by atoms with Crippen LogP contribution in [0.25, 0.3) is 0 Å². The van der Waals surface area contributed by atoms with E-state index in [2.05, 4.69) is 12.2 Å². The van der Waals surface area contributed by atoms with Crippen molar-refractivity contribution in [3.8, 4) is 0 Å². The van der Waals surface area contributed by atoms with Crippen molar-refractivity contribution >= 4 is 6.03 Å². The van der Waals surface area contributed by atoms with Gasteiger partial charge in [0.05, 0.1) is 6.61 Å². The summed E-state index contributed by atoms with van der Waals surface area (Å²) in [4.78, 5) is 13.7. The van der Waals surface area contributed by atoms with Gasteiger partial charge in [-0.1, -0.05) is 39.0 Å². The molecule has 0 aliphatic rings. The van der Waals surface area contributed by atoms with Crippen molar-refractivity contribution < 1.29 is 16.1 Å². The Morgan fingerprint density at radius 1 is 1.10 bits per heavy atom. The molecular formula is C16H38N2O3. The number of hydrogen-bond donors (Lipinski definition) is 2. The van der Waals surface area contributed by atoms with Crippen molar-refractivity contribution in [3.05, 3.63) is 0 Å². The molecule has 5 nitrogen and oxygen atoms in total. The van der Waals surface area contributed by atoms with E-state index in [1.54, 1.807) is 0 Å². The third kappa shape index (κ3) is 15.4. The Morgan fingerprint density at radius 3 is 2.29 bits per heavy atom. The summed E-state index contributed by atoms with van der Waals surface area (Å²) in [5.74, 6) is 0. The highest BCUT2D eigenvalue weighted by atomic mass is 16.5. The van der Waals surface area contributed by atoms with Gasteiger partial charge in [-0.25, -0.2) is 4.79 Å². The van der Waals surface area contributed by atoms with Crippen LogP contribution in [0.2, 0.25) is 0 Å². The van der Waals surface area contributed by atoms with E-state index < -0.39 is 0 Å². The van der Waals surface area contributed by atoms with Gasteiger partial charge in [0.1, 0.15) is 0 Å². The van der Waals surface area contributed by atoms with Crippen molar-refractivity contribution in [1.29, 1.82) is 0 Å². The lowest BCUT2D eigenvalue weighted by Crippen LogP contribution is -2.41. The molecule has 2 N–H and O–H groups in total. The molecule has 0 aromatic carbocycles. The fourth-order valence-electron chi connectivity index (χ4n) is 1.97. The Bertz CT molecular complexity index is 220. The first-order chi connectivity index (χ1) is 10.3. The average Bonchev–Trinajstić information content (AvgIpc) is 2.52. The van der Waals surface area contributed by atoms with Crippen molar-refractivity contribution in [2.24, 2.45) is 0 Å². The third-order valence-corrected chi connectivity index (χ3v) is 3.18. The van der Waals surface area contributed by atoms with Gasteiger partial charge in [0, 0.05) is 34.8 Å². The number of unbranched alkanes of at least 4 members (excludes halogenated alkanes) is 5. The molecule has 0 aliphatic carbocycles. The van der Waals surface area contributed by atoms with Crippen LogP contribution in [-0.4, -0.2) is 56.0 Å². The van der Waals surface area contributed by atoms with E-state index in [1.807, 2.05) is 18.7 Å². The Labute approximate surface area is 132 Å². The summed E-state index contributed by atoms with van der Waals surface area (Å²) >= 11 is 0. The molecule has 0 heterocycles. The van der Waals surface area contributed by atoms with Gasteiger partial charge in [-0.05, 0) is 20.3 Å². The number of aliphatic hydroxyl groups is 1. The highest BCUT2D eigenvalue weighted by Gasteiger charge is 2.09. The molecule has 0 radical (unpaired) electrons. The molecule has 0 spiro atoms.